The first kappa shape index (κ1) is 33.1. The van der Waals surface area contributed by atoms with Crippen LogP contribution < -0.4 is 0 Å². The molecule has 1 heterocycles. The number of hydrogen-bond donors (Lipinski definition) is 0. The molecule has 0 aliphatic heterocycles. The predicted octanol–water partition coefficient (Wildman–Crippen LogP) is 12.2. The summed E-state index contributed by atoms with van der Waals surface area (Å²) in [6, 6.07) is 74.8. The quantitative estimate of drug-likeness (QED) is 0.171. The molecule has 0 saturated heterocycles. The van der Waals surface area contributed by atoms with Gasteiger partial charge in [-0.3, -0.25) is 0 Å². The summed E-state index contributed by atoms with van der Waals surface area (Å²) in [5, 5.41) is 0. The molecule has 3 nitrogen and oxygen atoms in total. The van der Waals surface area contributed by atoms with Crippen LogP contribution in [-0.4, -0.2) is 15.0 Å². The van der Waals surface area contributed by atoms with Crippen molar-refractivity contribution in [1.29, 1.82) is 0 Å². The molecule has 2 aliphatic rings. The van der Waals surface area contributed by atoms with Crippen LogP contribution in [0, 0.1) is 6.92 Å². The summed E-state index contributed by atoms with van der Waals surface area (Å²) in [7, 11) is 0. The van der Waals surface area contributed by atoms with Crippen LogP contribution in [0.2, 0.25) is 0 Å². The second-order valence-electron chi connectivity index (χ2n) is 15.1. The van der Waals surface area contributed by atoms with Crippen LogP contribution in [0.25, 0.3) is 45.0 Å². The van der Waals surface area contributed by atoms with Crippen LogP contribution in [0.4, 0.5) is 0 Å². The van der Waals surface area contributed by atoms with E-state index in [0.717, 1.165) is 11.1 Å². The minimum absolute atomic E-state index is 0.511. The van der Waals surface area contributed by atoms with Crippen molar-refractivity contribution in [2.75, 3.05) is 0 Å². The fraction of sp³-hybridized carbons (Fsp3) is 0.0556. The van der Waals surface area contributed by atoms with E-state index in [9.17, 15) is 0 Å². The molecule has 3 heteroatoms. The third-order valence-electron chi connectivity index (χ3n) is 12.2. The lowest BCUT2D eigenvalue weighted by Crippen LogP contribution is -2.28. The van der Waals surface area contributed by atoms with E-state index in [4.69, 9.17) is 15.0 Å². The zero-order valence-electron chi connectivity index (χ0n) is 31.5. The van der Waals surface area contributed by atoms with Crippen molar-refractivity contribution in [2.24, 2.45) is 0 Å². The topological polar surface area (TPSA) is 38.7 Å². The Morgan fingerprint density at radius 1 is 0.298 bits per heavy atom. The number of rotatable bonds is 6. The van der Waals surface area contributed by atoms with Crippen molar-refractivity contribution < 1.29 is 0 Å². The van der Waals surface area contributed by atoms with Gasteiger partial charge in [0.2, 0.25) is 0 Å². The van der Waals surface area contributed by atoms with Crippen LogP contribution in [0.15, 0.2) is 206 Å². The number of nitrogens with zero attached hydrogens (tertiary/aromatic N) is 3. The van der Waals surface area contributed by atoms with E-state index in [0.29, 0.717) is 17.5 Å². The van der Waals surface area contributed by atoms with Crippen molar-refractivity contribution in [3.63, 3.8) is 0 Å². The molecule has 1 aromatic heterocycles. The molecule has 9 aromatic rings. The van der Waals surface area contributed by atoms with Crippen LogP contribution in [-0.2, 0) is 10.8 Å². The Hall–Kier alpha value is -7.23. The number of benzene rings is 8. The largest absolute Gasteiger partial charge is 0.213 e. The first-order valence-electron chi connectivity index (χ1n) is 19.6. The molecule has 0 saturated carbocycles. The molecular formula is C54H37N3. The average molecular weight is 728 g/mol. The van der Waals surface area contributed by atoms with Gasteiger partial charge in [-0.1, -0.05) is 194 Å². The van der Waals surface area contributed by atoms with Gasteiger partial charge in [0.1, 0.15) is 5.82 Å². The molecule has 0 radical (unpaired) electrons. The summed E-state index contributed by atoms with van der Waals surface area (Å²) >= 11 is 0. The molecule has 57 heavy (non-hydrogen) atoms. The van der Waals surface area contributed by atoms with Gasteiger partial charge in [0.15, 0.2) is 11.6 Å². The highest BCUT2D eigenvalue weighted by Crippen LogP contribution is 2.58. The van der Waals surface area contributed by atoms with Crippen LogP contribution in [0.1, 0.15) is 50.3 Å². The standard InChI is InChI=1S/C54H37N3/c1-36-55-51(37-30-32-45-43-26-14-16-28-47(43)53(49(45)34-37,39-18-6-2-7-19-39)40-20-8-3-9-21-40)57-52(56-36)38-31-33-46-44-27-15-17-29-48(44)54(50(46)35-38,41-22-10-4-11-23-41)42-24-12-5-13-25-42/h2-35H,1H3. The predicted molar refractivity (Wildman–Crippen MR) is 230 cm³/mol. The minimum atomic E-state index is -0.511. The Labute approximate surface area is 333 Å². The van der Waals surface area contributed by atoms with Gasteiger partial charge in [-0.25, -0.2) is 15.0 Å². The van der Waals surface area contributed by atoms with Gasteiger partial charge < -0.3 is 0 Å². The molecule has 8 aromatic carbocycles. The maximum Gasteiger partial charge on any atom is 0.163 e. The lowest BCUT2D eigenvalue weighted by Gasteiger charge is -2.34. The summed E-state index contributed by atoms with van der Waals surface area (Å²) in [6.45, 7) is 1.97. The fourth-order valence-corrected chi connectivity index (χ4v) is 9.91. The molecular weight excluding hydrogens is 691 g/mol. The third-order valence-corrected chi connectivity index (χ3v) is 12.2. The Morgan fingerprint density at radius 2 is 0.614 bits per heavy atom. The van der Waals surface area contributed by atoms with Crippen molar-refractivity contribution in [3.05, 3.63) is 257 Å². The highest BCUT2D eigenvalue weighted by atomic mass is 15.0. The van der Waals surface area contributed by atoms with Crippen molar-refractivity contribution in [2.45, 2.75) is 17.8 Å². The fourth-order valence-electron chi connectivity index (χ4n) is 9.91. The number of aromatic nitrogens is 3. The molecule has 11 rings (SSSR count). The van der Waals surface area contributed by atoms with Crippen LogP contribution in [0.5, 0.6) is 0 Å². The monoisotopic (exact) mass is 727 g/mol. The Kier molecular flexibility index (Phi) is 7.52. The lowest BCUT2D eigenvalue weighted by molar-refractivity contribution is 0.768. The van der Waals surface area contributed by atoms with E-state index in [-0.39, 0.29) is 0 Å². The van der Waals surface area contributed by atoms with Crippen molar-refractivity contribution in [1.82, 2.24) is 15.0 Å². The number of hydrogen-bond acceptors (Lipinski definition) is 3. The Bertz CT molecular complexity index is 2680. The molecule has 2 aliphatic carbocycles. The van der Waals surface area contributed by atoms with E-state index in [2.05, 4.69) is 206 Å². The van der Waals surface area contributed by atoms with E-state index in [1.165, 1.54) is 66.8 Å². The highest BCUT2D eigenvalue weighted by molar-refractivity contribution is 5.89. The zero-order valence-corrected chi connectivity index (χ0v) is 31.5. The van der Waals surface area contributed by atoms with Gasteiger partial charge in [0.25, 0.3) is 0 Å². The summed E-state index contributed by atoms with van der Waals surface area (Å²) in [4.78, 5) is 15.3. The van der Waals surface area contributed by atoms with Gasteiger partial charge in [0.05, 0.1) is 10.8 Å². The molecule has 0 unspecified atom stereocenters. The third kappa shape index (κ3) is 4.82. The number of aryl methyl sites for hydroxylation is 1. The number of fused-ring (bicyclic) bond motifs is 6. The zero-order chi connectivity index (χ0) is 38.0. The average Bonchev–Trinajstić information content (AvgIpc) is 3.75. The maximum atomic E-state index is 5.29. The van der Waals surface area contributed by atoms with E-state index in [1.54, 1.807) is 0 Å². The Balaban J connectivity index is 1.11. The van der Waals surface area contributed by atoms with Crippen molar-refractivity contribution >= 4 is 0 Å². The van der Waals surface area contributed by atoms with Crippen LogP contribution >= 0.6 is 0 Å². The summed E-state index contributed by atoms with van der Waals surface area (Å²) in [6.07, 6.45) is 0. The van der Waals surface area contributed by atoms with Gasteiger partial charge in [-0.2, -0.15) is 0 Å². The molecule has 268 valence electrons. The van der Waals surface area contributed by atoms with Crippen molar-refractivity contribution in [3.8, 4) is 45.0 Å². The second kappa shape index (κ2) is 12.9. The van der Waals surface area contributed by atoms with Gasteiger partial charge in [0, 0.05) is 11.1 Å². The molecule has 0 fully saturated rings. The van der Waals surface area contributed by atoms with Gasteiger partial charge in [-0.05, 0) is 85.8 Å². The van der Waals surface area contributed by atoms with Gasteiger partial charge in [-0.15, -0.1) is 0 Å². The molecule has 0 N–H and O–H groups in total. The first-order chi connectivity index (χ1) is 28.2. The summed E-state index contributed by atoms with van der Waals surface area (Å²) in [5.41, 5.74) is 15.8. The lowest BCUT2D eigenvalue weighted by atomic mass is 9.67. The smallest absolute Gasteiger partial charge is 0.163 e. The van der Waals surface area contributed by atoms with Crippen LogP contribution in [0.3, 0.4) is 0 Å². The van der Waals surface area contributed by atoms with E-state index >= 15 is 0 Å². The summed E-state index contributed by atoms with van der Waals surface area (Å²) < 4.78 is 0. The Morgan fingerprint density at radius 3 is 0.982 bits per heavy atom. The van der Waals surface area contributed by atoms with Gasteiger partial charge >= 0.3 is 0 Å². The minimum Gasteiger partial charge on any atom is -0.213 e. The first-order valence-corrected chi connectivity index (χ1v) is 19.6. The second-order valence-corrected chi connectivity index (χ2v) is 15.1. The molecule has 0 spiro atoms. The molecule has 0 amide bonds. The normalized spacial score (nSPS) is 14.0. The molecule has 0 bridgehead atoms. The van der Waals surface area contributed by atoms with E-state index in [1.807, 2.05) is 6.92 Å². The van der Waals surface area contributed by atoms with E-state index < -0.39 is 10.8 Å². The molecule has 0 atom stereocenters. The maximum absolute atomic E-state index is 5.29. The summed E-state index contributed by atoms with van der Waals surface area (Å²) in [5.74, 6) is 2.00. The highest BCUT2D eigenvalue weighted by Gasteiger charge is 2.47. The SMILES string of the molecule is Cc1nc(-c2ccc3c(c2)C(c2ccccc2)(c2ccccc2)c2ccccc2-3)nc(-c2ccc3c(c2)C(c2ccccc2)(c2ccccc2)c2ccccc2-3)n1.